The number of rotatable bonds is 4. The summed E-state index contributed by atoms with van der Waals surface area (Å²) in [5, 5.41) is 4.37. The van der Waals surface area contributed by atoms with Crippen LogP contribution in [-0.4, -0.2) is 18.6 Å². The summed E-state index contributed by atoms with van der Waals surface area (Å²) in [6.45, 7) is 3.19. The van der Waals surface area contributed by atoms with Gasteiger partial charge in [0.15, 0.2) is 0 Å². The number of nitrogens with one attached hydrogen (secondary N) is 1. The van der Waals surface area contributed by atoms with Crippen molar-refractivity contribution in [2.45, 2.75) is 19.8 Å². The Kier molecular flexibility index (Phi) is 3.52. The maximum Gasteiger partial charge on any atom is 0.0924 e. The van der Waals surface area contributed by atoms with Crippen LogP contribution < -0.4 is 5.32 Å². The maximum absolute atomic E-state index is 4.28. The van der Waals surface area contributed by atoms with E-state index in [1.165, 1.54) is 9.88 Å². The molecule has 0 amide bonds. The van der Waals surface area contributed by atoms with Crippen molar-refractivity contribution in [1.29, 1.82) is 0 Å². The van der Waals surface area contributed by atoms with Gasteiger partial charge in [0.2, 0.25) is 0 Å². The molecule has 11 heavy (non-hydrogen) atoms. The first-order valence-electron chi connectivity index (χ1n) is 3.95. The van der Waals surface area contributed by atoms with Crippen LogP contribution in [0.1, 0.15) is 16.8 Å². The van der Waals surface area contributed by atoms with Gasteiger partial charge in [0.25, 0.3) is 0 Å². The average Bonchev–Trinajstić information content (AvgIpc) is 2.48. The molecule has 0 bridgehead atoms. The minimum absolute atomic E-state index is 1.05. The van der Waals surface area contributed by atoms with Crippen molar-refractivity contribution >= 4 is 11.3 Å². The molecule has 0 aliphatic heterocycles. The Morgan fingerprint density at radius 2 is 2.45 bits per heavy atom. The Hall–Kier alpha value is -0.410. The second kappa shape index (κ2) is 4.46. The highest BCUT2D eigenvalue weighted by atomic mass is 32.1. The van der Waals surface area contributed by atoms with Gasteiger partial charge in [-0.25, -0.2) is 4.98 Å². The molecule has 0 aromatic carbocycles. The van der Waals surface area contributed by atoms with Crippen LogP contribution in [0.5, 0.6) is 0 Å². The van der Waals surface area contributed by atoms with Gasteiger partial charge in [-0.05, 0) is 26.4 Å². The second-order valence-corrected chi connectivity index (χ2v) is 3.63. The smallest absolute Gasteiger partial charge is 0.0924 e. The molecule has 1 N–H and O–H groups in total. The van der Waals surface area contributed by atoms with Gasteiger partial charge in [0, 0.05) is 11.1 Å². The lowest BCUT2D eigenvalue weighted by Gasteiger charge is -1.92. The lowest BCUT2D eigenvalue weighted by molar-refractivity contribution is 0.798. The van der Waals surface area contributed by atoms with Crippen molar-refractivity contribution in [3.63, 3.8) is 0 Å². The summed E-state index contributed by atoms with van der Waals surface area (Å²) in [7, 11) is 1.97. The van der Waals surface area contributed by atoms with Crippen LogP contribution >= 0.6 is 11.3 Å². The molecule has 0 fully saturated rings. The molecule has 0 aliphatic rings. The molecule has 0 radical (unpaired) electrons. The lowest BCUT2D eigenvalue weighted by Crippen LogP contribution is -2.09. The first-order chi connectivity index (χ1) is 5.36. The van der Waals surface area contributed by atoms with E-state index in [-0.39, 0.29) is 0 Å². The molecule has 2 nitrogen and oxygen atoms in total. The first-order valence-corrected chi connectivity index (χ1v) is 4.76. The molecular weight excluding hydrogens is 156 g/mol. The standard InChI is InChI=1S/C8H14N2S/c1-3-8-10-6-7(11-8)4-5-9-2/h6,9H,3-5H2,1-2H3. The second-order valence-electron chi connectivity index (χ2n) is 2.43. The molecular formula is C8H14N2S. The molecule has 0 spiro atoms. The molecule has 1 rings (SSSR count). The number of aromatic nitrogens is 1. The summed E-state index contributed by atoms with van der Waals surface area (Å²) in [5.74, 6) is 0. The highest BCUT2D eigenvalue weighted by molar-refractivity contribution is 7.11. The Morgan fingerprint density at radius 3 is 3.00 bits per heavy atom. The van der Waals surface area contributed by atoms with Crippen molar-refractivity contribution in [3.8, 4) is 0 Å². The topological polar surface area (TPSA) is 24.9 Å². The Labute approximate surface area is 71.7 Å². The van der Waals surface area contributed by atoms with E-state index in [2.05, 4.69) is 17.2 Å². The van der Waals surface area contributed by atoms with Crippen LogP contribution in [-0.2, 0) is 12.8 Å². The Balaban J connectivity index is 2.44. The monoisotopic (exact) mass is 170 g/mol. The summed E-state index contributed by atoms with van der Waals surface area (Å²) < 4.78 is 0. The van der Waals surface area contributed by atoms with Crippen LogP contribution in [0.4, 0.5) is 0 Å². The molecule has 0 atom stereocenters. The third kappa shape index (κ3) is 2.60. The quantitative estimate of drug-likeness (QED) is 0.740. The molecule has 0 aliphatic carbocycles. The lowest BCUT2D eigenvalue weighted by atomic mass is 10.4. The van der Waals surface area contributed by atoms with Crippen LogP contribution in [0.25, 0.3) is 0 Å². The number of nitrogens with zero attached hydrogens (tertiary/aromatic N) is 1. The van der Waals surface area contributed by atoms with E-state index in [0.717, 1.165) is 19.4 Å². The van der Waals surface area contributed by atoms with Gasteiger partial charge in [-0.15, -0.1) is 11.3 Å². The normalized spacial score (nSPS) is 10.4. The van der Waals surface area contributed by atoms with Gasteiger partial charge in [-0.1, -0.05) is 6.92 Å². The van der Waals surface area contributed by atoms with E-state index >= 15 is 0 Å². The van der Waals surface area contributed by atoms with E-state index in [1.807, 2.05) is 24.6 Å². The van der Waals surface area contributed by atoms with Crippen molar-refractivity contribution < 1.29 is 0 Å². The highest BCUT2D eigenvalue weighted by Crippen LogP contribution is 2.13. The van der Waals surface area contributed by atoms with E-state index in [1.54, 1.807) is 0 Å². The van der Waals surface area contributed by atoms with Crippen LogP contribution in [0.15, 0.2) is 6.20 Å². The van der Waals surface area contributed by atoms with E-state index in [0.29, 0.717) is 0 Å². The van der Waals surface area contributed by atoms with Gasteiger partial charge in [0.1, 0.15) is 0 Å². The SMILES string of the molecule is CCc1ncc(CCNC)s1. The minimum atomic E-state index is 1.05. The van der Waals surface area contributed by atoms with Crippen molar-refractivity contribution in [2.75, 3.05) is 13.6 Å². The fourth-order valence-corrected chi connectivity index (χ4v) is 1.74. The maximum atomic E-state index is 4.28. The largest absolute Gasteiger partial charge is 0.319 e. The van der Waals surface area contributed by atoms with E-state index in [9.17, 15) is 0 Å². The summed E-state index contributed by atoms with van der Waals surface area (Å²) in [4.78, 5) is 5.66. The number of likely N-dealkylation sites (N-methyl/N-ethyl adjacent to an activating group) is 1. The molecule has 3 heteroatoms. The predicted molar refractivity (Wildman–Crippen MR) is 49.1 cm³/mol. The van der Waals surface area contributed by atoms with Crippen LogP contribution in [0.3, 0.4) is 0 Å². The minimum Gasteiger partial charge on any atom is -0.319 e. The first kappa shape index (κ1) is 8.68. The zero-order valence-electron chi connectivity index (χ0n) is 7.05. The van der Waals surface area contributed by atoms with Crippen LogP contribution in [0, 0.1) is 0 Å². The van der Waals surface area contributed by atoms with Crippen LogP contribution in [0.2, 0.25) is 0 Å². The van der Waals surface area contributed by atoms with Crippen molar-refractivity contribution in [2.24, 2.45) is 0 Å². The highest BCUT2D eigenvalue weighted by Gasteiger charge is 1.97. The van der Waals surface area contributed by atoms with Gasteiger partial charge in [0.05, 0.1) is 5.01 Å². The third-order valence-electron chi connectivity index (χ3n) is 1.53. The average molecular weight is 170 g/mol. The molecule has 1 aromatic heterocycles. The van der Waals surface area contributed by atoms with Gasteiger partial charge >= 0.3 is 0 Å². The molecule has 1 heterocycles. The molecule has 0 unspecified atom stereocenters. The predicted octanol–water partition coefficient (Wildman–Crippen LogP) is 1.47. The van der Waals surface area contributed by atoms with E-state index in [4.69, 9.17) is 0 Å². The molecule has 1 aromatic rings. The summed E-state index contributed by atoms with van der Waals surface area (Å²) in [6.07, 6.45) is 4.15. The number of aryl methyl sites for hydroxylation is 1. The molecule has 62 valence electrons. The summed E-state index contributed by atoms with van der Waals surface area (Å²) in [5.41, 5.74) is 0. The van der Waals surface area contributed by atoms with E-state index < -0.39 is 0 Å². The van der Waals surface area contributed by atoms with Gasteiger partial charge in [-0.2, -0.15) is 0 Å². The number of hydrogen-bond acceptors (Lipinski definition) is 3. The number of hydrogen-bond donors (Lipinski definition) is 1. The van der Waals surface area contributed by atoms with Crippen molar-refractivity contribution in [3.05, 3.63) is 16.1 Å². The zero-order valence-corrected chi connectivity index (χ0v) is 7.87. The van der Waals surface area contributed by atoms with Gasteiger partial charge in [-0.3, -0.25) is 0 Å². The fraction of sp³-hybridized carbons (Fsp3) is 0.625. The summed E-state index contributed by atoms with van der Waals surface area (Å²) in [6, 6.07) is 0. The third-order valence-corrected chi connectivity index (χ3v) is 2.73. The molecule has 0 saturated heterocycles. The summed E-state index contributed by atoms with van der Waals surface area (Å²) >= 11 is 1.82. The number of thiazole rings is 1. The fourth-order valence-electron chi connectivity index (χ4n) is 0.875. The van der Waals surface area contributed by atoms with Crippen molar-refractivity contribution in [1.82, 2.24) is 10.3 Å². The van der Waals surface area contributed by atoms with Gasteiger partial charge < -0.3 is 5.32 Å². The Bertz CT molecular complexity index is 208. The Morgan fingerprint density at radius 1 is 1.64 bits per heavy atom. The zero-order chi connectivity index (χ0) is 8.10. The molecule has 0 saturated carbocycles.